The summed E-state index contributed by atoms with van der Waals surface area (Å²) in [6, 6.07) is 1.65. The molecule has 2 aromatic rings. The molecule has 0 aliphatic heterocycles. The predicted octanol–water partition coefficient (Wildman–Crippen LogP) is 6.22. The second kappa shape index (κ2) is 5.89. The average molecular weight is 361 g/mol. The lowest BCUT2D eigenvalue weighted by Crippen LogP contribution is -2.07. The smallest absolute Gasteiger partial charge is 0.416 e. The van der Waals surface area contributed by atoms with E-state index < -0.39 is 50.7 Å². The summed E-state index contributed by atoms with van der Waals surface area (Å²) in [5.74, 6) is -5.66. The summed E-state index contributed by atoms with van der Waals surface area (Å²) in [5, 5.41) is -0.799. The van der Waals surface area contributed by atoms with Crippen LogP contribution in [0.2, 0.25) is 10.0 Å². The van der Waals surface area contributed by atoms with Crippen LogP contribution in [-0.4, -0.2) is 0 Å². The van der Waals surface area contributed by atoms with Crippen LogP contribution in [0.1, 0.15) is 5.56 Å². The van der Waals surface area contributed by atoms with Crippen molar-refractivity contribution in [1.82, 2.24) is 0 Å². The average Bonchev–Trinajstić information content (AvgIpc) is 2.34. The summed E-state index contributed by atoms with van der Waals surface area (Å²) in [4.78, 5) is 0. The fourth-order valence-corrected chi connectivity index (χ4v) is 2.09. The Kier molecular flexibility index (Phi) is 4.49. The SMILES string of the molecule is Fc1cc(Cl)c(Oc2c(F)cc(C(F)(F)F)cc2F)c(Cl)c1. The van der Waals surface area contributed by atoms with Crippen LogP contribution in [0.3, 0.4) is 0 Å². The fourth-order valence-electron chi connectivity index (χ4n) is 1.55. The van der Waals surface area contributed by atoms with Gasteiger partial charge in [-0.1, -0.05) is 23.2 Å². The van der Waals surface area contributed by atoms with Crippen LogP contribution in [-0.2, 0) is 6.18 Å². The molecule has 1 nitrogen and oxygen atoms in total. The first-order valence-corrected chi connectivity index (χ1v) is 6.24. The molecule has 0 aromatic heterocycles. The summed E-state index contributed by atoms with van der Waals surface area (Å²) in [7, 11) is 0. The standard InChI is InChI=1S/C13H4Cl2F6O/c14-7-3-6(16)4-8(15)11(7)22-12-9(17)1-5(2-10(12)18)13(19,20)21/h1-4H. The highest BCUT2D eigenvalue weighted by atomic mass is 35.5. The van der Waals surface area contributed by atoms with Gasteiger partial charge in [-0.25, -0.2) is 13.2 Å². The Hall–Kier alpha value is -1.60. The van der Waals surface area contributed by atoms with E-state index in [0.29, 0.717) is 0 Å². The Morgan fingerprint density at radius 1 is 0.773 bits per heavy atom. The molecule has 0 aliphatic carbocycles. The molecule has 22 heavy (non-hydrogen) atoms. The maximum atomic E-state index is 13.6. The van der Waals surface area contributed by atoms with E-state index in [1.807, 2.05) is 0 Å². The zero-order chi connectivity index (χ0) is 16.7. The topological polar surface area (TPSA) is 9.23 Å². The number of hydrogen-bond acceptors (Lipinski definition) is 1. The molecular formula is C13H4Cl2F6O. The summed E-state index contributed by atoms with van der Waals surface area (Å²) in [5.41, 5.74) is -1.52. The van der Waals surface area contributed by atoms with Gasteiger partial charge in [0, 0.05) is 0 Å². The van der Waals surface area contributed by atoms with E-state index in [-0.39, 0.29) is 12.1 Å². The minimum absolute atomic E-state index is 0.0593. The van der Waals surface area contributed by atoms with Crippen LogP contribution in [0.5, 0.6) is 11.5 Å². The van der Waals surface area contributed by atoms with Crippen LogP contribution in [0, 0.1) is 17.5 Å². The van der Waals surface area contributed by atoms with E-state index in [1.54, 1.807) is 0 Å². The van der Waals surface area contributed by atoms with Crippen molar-refractivity contribution in [2.75, 3.05) is 0 Å². The van der Waals surface area contributed by atoms with Gasteiger partial charge < -0.3 is 4.74 Å². The van der Waals surface area contributed by atoms with E-state index in [0.717, 1.165) is 12.1 Å². The molecule has 0 heterocycles. The first-order chi connectivity index (χ1) is 10.1. The third-order valence-corrected chi connectivity index (χ3v) is 3.05. The quantitative estimate of drug-likeness (QED) is 0.577. The molecule has 0 N–H and O–H groups in total. The summed E-state index contributed by atoms with van der Waals surface area (Å²) in [6.45, 7) is 0. The van der Waals surface area contributed by atoms with Crippen molar-refractivity contribution in [2.24, 2.45) is 0 Å². The second-order valence-corrected chi connectivity index (χ2v) is 4.88. The molecule has 0 amide bonds. The zero-order valence-corrected chi connectivity index (χ0v) is 11.8. The summed E-state index contributed by atoms with van der Waals surface area (Å²) < 4.78 is 82.3. The minimum Gasteiger partial charge on any atom is -0.448 e. The van der Waals surface area contributed by atoms with Crippen molar-refractivity contribution < 1.29 is 31.1 Å². The molecule has 2 aromatic carbocycles. The molecule has 0 atom stereocenters. The molecule has 0 unspecified atom stereocenters. The maximum absolute atomic E-state index is 13.6. The lowest BCUT2D eigenvalue weighted by atomic mass is 10.2. The molecule has 0 spiro atoms. The van der Waals surface area contributed by atoms with Crippen LogP contribution in [0.25, 0.3) is 0 Å². The number of halogens is 8. The van der Waals surface area contributed by atoms with Crippen LogP contribution in [0.15, 0.2) is 24.3 Å². The van der Waals surface area contributed by atoms with Gasteiger partial charge in [0.15, 0.2) is 23.1 Å². The van der Waals surface area contributed by atoms with Crippen molar-refractivity contribution in [3.8, 4) is 11.5 Å². The Bertz CT molecular complexity index is 683. The number of benzene rings is 2. The zero-order valence-electron chi connectivity index (χ0n) is 10.2. The highest BCUT2D eigenvalue weighted by Gasteiger charge is 2.33. The number of alkyl halides is 3. The predicted molar refractivity (Wildman–Crippen MR) is 67.9 cm³/mol. The fraction of sp³-hybridized carbons (Fsp3) is 0.0769. The molecule has 0 fully saturated rings. The van der Waals surface area contributed by atoms with Crippen molar-refractivity contribution in [2.45, 2.75) is 6.18 Å². The van der Waals surface area contributed by atoms with Gasteiger partial charge in [-0.05, 0) is 24.3 Å². The Labute approximate surface area is 130 Å². The van der Waals surface area contributed by atoms with Crippen LogP contribution in [0.4, 0.5) is 26.3 Å². The molecule has 0 saturated heterocycles. The third kappa shape index (κ3) is 3.41. The summed E-state index contributed by atoms with van der Waals surface area (Å²) in [6.07, 6.45) is -4.93. The largest absolute Gasteiger partial charge is 0.448 e. The van der Waals surface area contributed by atoms with Crippen LogP contribution < -0.4 is 4.74 Å². The first kappa shape index (κ1) is 16.8. The van der Waals surface area contributed by atoms with Crippen LogP contribution >= 0.6 is 23.2 Å². The van der Waals surface area contributed by atoms with Gasteiger partial charge in [-0.3, -0.25) is 0 Å². The second-order valence-electron chi connectivity index (χ2n) is 4.07. The van der Waals surface area contributed by atoms with E-state index in [1.165, 1.54) is 0 Å². The van der Waals surface area contributed by atoms with E-state index in [4.69, 9.17) is 27.9 Å². The molecule has 9 heteroatoms. The van der Waals surface area contributed by atoms with Gasteiger partial charge in [0.2, 0.25) is 0 Å². The van der Waals surface area contributed by atoms with Gasteiger partial charge >= 0.3 is 6.18 Å². The summed E-state index contributed by atoms with van der Waals surface area (Å²) >= 11 is 11.2. The molecule has 0 aliphatic rings. The van der Waals surface area contributed by atoms with E-state index >= 15 is 0 Å². The molecular weight excluding hydrogens is 357 g/mol. The monoisotopic (exact) mass is 360 g/mol. The van der Waals surface area contributed by atoms with Crippen molar-refractivity contribution >= 4 is 23.2 Å². The van der Waals surface area contributed by atoms with Crippen molar-refractivity contribution in [1.29, 1.82) is 0 Å². The first-order valence-electron chi connectivity index (χ1n) is 5.48. The normalized spacial score (nSPS) is 11.6. The molecule has 0 bridgehead atoms. The van der Waals surface area contributed by atoms with Gasteiger partial charge in [0.25, 0.3) is 0 Å². The van der Waals surface area contributed by atoms with E-state index in [2.05, 4.69) is 0 Å². The Balaban J connectivity index is 2.48. The lowest BCUT2D eigenvalue weighted by Gasteiger charge is -2.13. The van der Waals surface area contributed by atoms with Gasteiger partial charge in [0.1, 0.15) is 5.82 Å². The lowest BCUT2D eigenvalue weighted by molar-refractivity contribution is -0.138. The molecule has 118 valence electrons. The number of ether oxygens (including phenoxy) is 1. The number of rotatable bonds is 2. The molecule has 0 radical (unpaired) electrons. The Morgan fingerprint density at radius 2 is 1.23 bits per heavy atom. The Morgan fingerprint density at radius 3 is 1.64 bits per heavy atom. The van der Waals surface area contributed by atoms with Gasteiger partial charge in [-0.15, -0.1) is 0 Å². The molecule has 0 saturated carbocycles. The third-order valence-electron chi connectivity index (χ3n) is 2.49. The van der Waals surface area contributed by atoms with E-state index in [9.17, 15) is 26.3 Å². The number of hydrogen-bond donors (Lipinski definition) is 0. The highest BCUT2D eigenvalue weighted by Crippen LogP contribution is 2.40. The van der Waals surface area contributed by atoms with Crippen molar-refractivity contribution in [3.05, 3.63) is 57.3 Å². The van der Waals surface area contributed by atoms with Gasteiger partial charge in [-0.2, -0.15) is 13.2 Å². The van der Waals surface area contributed by atoms with Gasteiger partial charge in [0.05, 0.1) is 15.6 Å². The van der Waals surface area contributed by atoms with Crippen molar-refractivity contribution in [3.63, 3.8) is 0 Å². The molecule has 2 rings (SSSR count). The maximum Gasteiger partial charge on any atom is 0.416 e. The highest BCUT2D eigenvalue weighted by molar-refractivity contribution is 6.37. The minimum atomic E-state index is -4.93.